The zero-order chi connectivity index (χ0) is 18.5. The molecule has 4 aromatic rings. The van der Waals surface area contributed by atoms with E-state index in [1.807, 2.05) is 24.3 Å². The fourth-order valence-corrected chi connectivity index (χ4v) is 4.03. The summed E-state index contributed by atoms with van der Waals surface area (Å²) in [5.41, 5.74) is 0.709. The first kappa shape index (κ1) is 16.4. The molecule has 0 bridgehead atoms. The molecule has 4 aromatic carbocycles. The molecule has 5 nitrogen and oxygen atoms in total. The third-order valence-electron chi connectivity index (χ3n) is 4.43. The quantitative estimate of drug-likeness (QED) is 0.459. The molecule has 0 amide bonds. The Balaban J connectivity index is 2.21. The Hall–Kier alpha value is -3.09. The summed E-state index contributed by atoms with van der Waals surface area (Å²) in [6.45, 7) is 0. The standard InChI is InChI=1S/C20H14O5S/c21-16-10-8-12-4-1-2-5-13(12)19(16)20-15-6-3-7-18(26(23,24)25)14(15)9-11-17(20)22/h1-11,21-22H,(H,23,24,25). The number of aromatic hydroxyl groups is 2. The van der Waals surface area contributed by atoms with Gasteiger partial charge in [-0.05, 0) is 40.4 Å². The van der Waals surface area contributed by atoms with E-state index < -0.39 is 10.1 Å². The fourth-order valence-electron chi connectivity index (χ4n) is 3.33. The van der Waals surface area contributed by atoms with Crippen molar-refractivity contribution in [2.24, 2.45) is 0 Å². The summed E-state index contributed by atoms with van der Waals surface area (Å²) >= 11 is 0. The van der Waals surface area contributed by atoms with Crippen LogP contribution in [0, 0.1) is 0 Å². The normalized spacial score (nSPS) is 11.9. The molecule has 0 fully saturated rings. The second-order valence-electron chi connectivity index (χ2n) is 5.97. The summed E-state index contributed by atoms with van der Waals surface area (Å²) in [7, 11) is -4.44. The highest BCUT2D eigenvalue weighted by Crippen LogP contribution is 2.45. The number of rotatable bonds is 2. The van der Waals surface area contributed by atoms with E-state index >= 15 is 0 Å². The molecular formula is C20H14O5S. The maximum absolute atomic E-state index is 11.7. The monoisotopic (exact) mass is 366 g/mol. The van der Waals surface area contributed by atoms with E-state index in [2.05, 4.69) is 0 Å². The van der Waals surface area contributed by atoms with Crippen molar-refractivity contribution in [1.29, 1.82) is 0 Å². The topological polar surface area (TPSA) is 94.8 Å². The van der Waals surface area contributed by atoms with Crippen LogP contribution < -0.4 is 0 Å². The molecule has 3 N–H and O–H groups in total. The molecule has 0 atom stereocenters. The first-order chi connectivity index (χ1) is 12.4. The minimum Gasteiger partial charge on any atom is -0.507 e. The van der Waals surface area contributed by atoms with Crippen LogP contribution in [0.4, 0.5) is 0 Å². The molecule has 130 valence electrons. The van der Waals surface area contributed by atoms with Gasteiger partial charge in [-0.2, -0.15) is 8.42 Å². The minimum absolute atomic E-state index is 0.0382. The van der Waals surface area contributed by atoms with Gasteiger partial charge in [0, 0.05) is 16.5 Å². The third-order valence-corrected chi connectivity index (χ3v) is 5.35. The molecule has 26 heavy (non-hydrogen) atoms. The number of phenolic OH excluding ortho intramolecular Hbond substituents is 2. The summed E-state index contributed by atoms with van der Waals surface area (Å²) in [6.07, 6.45) is 0. The van der Waals surface area contributed by atoms with Gasteiger partial charge in [0.1, 0.15) is 16.4 Å². The lowest BCUT2D eigenvalue weighted by Gasteiger charge is -2.15. The molecule has 0 unspecified atom stereocenters. The molecule has 0 spiro atoms. The highest BCUT2D eigenvalue weighted by molar-refractivity contribution is 7.86. The highest BCUT2D eigenvalue weighted by Gasteiger charge is 2.20. The van der Waals surface area contributed by atoms with Gasteiger partial charge >= 0.3 is 0 Å². The molecule has 4 rings (SSSR count). The lowest BCUT2D eigenvalue weighted by Crippen LogP contribution is -1.99. The van der Waals surface area contributed by atoms with E-state index in [4.69, 9.17) is 0 Å². The Bertz CT molecular complexity index is 1280. The number of hydrogen-bond donors (Lipinski definition) is 3. The van der Waals surface area contributed by atoms with Crippen molar-refractivity contribution >= 4 is 31.7 Å². The number of phenols is 2. The first-order valence-electron chi connectivity index (χ1n) is 7.81. The van der Waals surface area contributed by atoms with Crippen LogP contribution in [0.15, 0.2) is 71.6 Å². The Labute approximate surface area is 149 Å². The highest BCUT2D eigenvalue weighted by atomic mass is 32.2. The first-order valence-corrected chi connectivity index (χ1v) is 9.25. The molecule has 0 aliphatic heterocycles. The summed E-state index contributed by atoms with van der Waals surface area (Å²) in [6, 6.07) is 17.9. The van der Waals surface area contributed by atoms with Crippen LogP contribution in [0.3, 0.4) is 0 Å². The zero-order valence-corrected chi connectivity index (χ0v) is 14.2. The van der Waals surface area contributed by atoms with Crippen molar-refractivity contribution in [3.8, 4) is 22.6 Å². The number of hydrogen-bond acceptors (Lipinski definition) is 4. The van der Waals surface area contributed by atoms with Crippen LogP contribution >= 0.6 is 0 Å². The summed E-state index contributed by atoms with van der Waals surface area (Å²) < 4.78 is 32.9. The molecule has 0 saturated heterocycles. The average molecular weight is 366 g/mol. The van der Waals surface area contributed by atoms with Crippen molar-refractivity contribution in [3.05, 3.63) is 66.7 Å². The van der Waals surface area contributed by atoms with Gasteiger partial charge in [0.2, 0.25) is 0 Å². The minimum atomic E-state index is -4.44. The number of fused-ring (bicyclic) bond motifs is 2. The van der Waals surface area contributed by atoms with Gasteiger partial charge in [-0.3, -0.25) is 4.55 Å². The Morgan fingerprint density at radius 1 is 0.615 bits per heavy atom. The Kier molecular flexibility index (Phi) is 3.61. The molecule has 0 aliphatic rings. The van der Waals surface area contributed by atoms with Crippen molar-refractivity contribution in [2.75, 3.05) is 0 Å². The van der Waals surface area contributed by atoms with Gasteiger partial charge < -0.3 is 10.2 Å². The predicted molar refractivity (Wildman–Crippen MR) is 100 cm³/mol. The summed E-state index contributed by atoms with van der Waals surface area (Å²) in [4.78, 5) is -0.254. The lowest BCUT2D eigenvalue weighted by atomic mass is 9.92. The van der Waals surface area contributed by atoms with Gasteiger partial charge in [0.15, 0.2) is 0 Å². The largest absolute Gasteiger partial charge is 0.507 e. The molecule has 0 aliphatic carbocycles. The molecule has 0 saturated carbocycles. The molecule has 0 aromatic heterocycles. The van der Waals surface area contributed by atoms with E-state index in [1.165, 1.54) is 30.3 Å². The third kappa shape index (κ3) is 2.47. The second-order valence-corrected chi connectivity index (χ2v) is 7.36. The predicted octanol–water partition coefficient (Wildman–Crippen LogP) is 4.32. The Morgan fingerprint density at radius 3 is 1.96 bits per heavy atom. The van der Waals surface area contributed by atoms with Crippen LogP contribution in [-0.2, 0) is 10.1 Å². The van der Waals surface area contributed by atoms with Gasteiger partial charge in [-0.15, -0.1) is 0 Å². The van der Waals surface area contributed by atoms with Crippen molar-refractivity contribution in [1.82, 2.24) is 0 Å². The van der Waals surface area contributed by atoms with Gasteiger partial charge in [0.25, 0.3) is 10.1 Å². The summed E-state index contributed by atoms with van der Waals surface area (Å²) in [5, 5.41) is 23.3. The second kappa shape index (κ2) is 5.72. The van der Waals surface area contributed by atoms with Crippen molar-refractivity contribution < 1.29 is 23.2 Å². The summed E-state index contributed by atoms with van der Waals surface area (Å²) in [5.74, 6) is -0.139. The SMILES string of the molecule is O=S(=O)(O)c1cccc2c(-c3c(O)ccc4ccccc34)c(O)ccc12. The van der Waals surface area contributed by atoms with Crippen LogP contribution in [0.25, 0.3) is 32.7 Å². The van der Waals surface area contributed by atoms with Crippen LogP contribution in [-0.4, -0.2) is 23.2 Å². The van der Waals surface area contributed by atoms with Crippen molar-refractivity contribution in [2.45, 2.75) is 4.90 Å². The van der Waals surface area contributed by atoms with E-state index in [1.54, 1.807) is 12.1 Å². The maximum atomic E-state index is 11.7. The number of benzene rings is 4. The van der Waals surface area contributed by atoms with Crippen LogP contribution in [0.2, 0.25) is 0 Å². The van der Waals surface area contributed by atoms with E-state index in [0.29, 0.717) is 21.9 Å². The van der Waals surface area contributed by atoms with Crippen LogP contribution in [0.1, 0.15) is 0 Å². The molecular weight excluding hydrogens is 352 g/mol. The van der Waals surface area contributed by atoms with Gasteiger partial charge in [-0.1, -0.05) is 42.5 Å². The zero-order valence-electron chi connectivity index (χ0n) is 13.4. The Morgan fingerprint density at radius 2 is 1.23 bits per heavy atom. The fraction of sp³-hybridized carbons (Fsp3) is 0. The average Bonchev–Trinajstić information content (AvgIpc) is 2.61. The lowest BCUT2D eigenvalue weighted by molar-refractivity contribution is 0.470. The maximum Gasteiger partial charge on any atom is 0.295 e. The molecule has 0 heterocycles. The van der Waals surface area contributed by atoms with Crippen LogP contribution in [0.5, 0.6) is 11.5 Å². The molecule has 0 radical (unpaired) electrons. The van der Waals surface area contributed by atoms with E-state index in [-0.39, 0.29) is 21.8 Å². The van der Waals surface area contributed by atoms with Gasteiger partial charge in [-0.25, -0.2) is 0 Å². The van der Waals surface area contributed by atoms with E-state index in [0.717, 1.165) is 5.39 Å². The van der Waals surface area contributed by atoms with E-state index in [9.17, 15) is 23.2 Å². The molecule has 6 heteroatoms. The van der Waals surface area contributed by atoms with Gasteiger partial charge in [0.05, 0.1) is 0 Å². The smallest absolute Gasteiger partial charge is 0.295 e. The van der Waals surface area contributed by atoms with Crippen molar-refractivity contribution in [3.63, 3.8) is 0 Å².